The molecule has 0 saturated carbocycles. The number of nitrogens with zero attached hydrogens (tertiary/aromatic N) is 2. The van der Waals surface area contributed by atoms with Crippen molar-refractivity contribution in [1.29, 1.82) is 0 Å². The van der Waals surface area contributed by atoms with Crippen molar-refractivity contribution in [3.05, 3.63) is 60.4 Å². The van der Waals surface area contributed by atoms with Gasteiger partial charge in [0.15, 0.2) is 0 Å². The molecule has 0 amide bonds. The molecule has 6 nitrogen and oxygen atoms in total. The third kappa shape index (κ3) is 3.49. The topological polar surface area (TPSA) is 66.9 Å². The fourth-order valence-corrected chi connectivity index (χ4v) is 5.99. The molecule has 2 fully saturated rings. The second-order valence-electron chi connectivity index (χ2n) is 9.87. The Balaban J connectivity index is 1.14. The lowest BCUT2D eigenvalue weighted by atomic mass is 9.71. The second kappa shape index (κ2) is 8.14. The minimum absolute atomic E-state index is 0.197. The molecule has 3 aliphatic rings. The Morgan fingerprint density at radius 2 is 1.66 bits per heavy atom. The maximum atomic E-state index is 12.1. The number of rotatable bonds is 5. The molecule has 0 bridgehead atoms. The predicted molar refractivity (Wildman–Crippen MR) is 124 cm³/mol. The average molecular weight is 437 g/mol. The van der Waals surface area contributed by atoms with E-state index >= 15 is 0 Å². The molecule has 2 aromatic carbocycles. The lowest BCUT2D eigenvalue weighted by Crippen LogP contribution is -2.51. The van der Waals surface area contributed by atoms with Crippen LogP contribution >= 0.6 is 0 Å². The summed E-state index contributed by atoms with van der Waals surface area (Å²) in [6.45, 7) is 9.54. The Bertz CT molecular complexity index is 1110. The number of ether oxygens (including phenoxy) is 1. The molecule has 0 unspecified atom stereocenters. The van der Waals surface area contributed by atoms with Crippen LogP contribution in [0.5, 0.6) is 0 Å². The van der Waals surface area contributed by atoms with Gasteiger partial charge in [-0.2, -0.15) is 0 Å². The zero-order valence-electron chi connectivity index (χ0n) is 19.2. The average Bonchev–Trinajstić information content (AvgIpc) is 3.20. The van der Waals surface area contributed by atoms with Crippen molar-refractivity contribution in [3.8, 4) is 0 Å². The van der Waals surface area contributed by atoms with Crippen molar-refractivity contribution in [2.75, 3.05) is 37.6 Å². The molecule has 3 aliphatic heterocycles. The van der Waals surface area contributed by atoms with Crippen LogP contribution in [0.4, 0.5) is 5.69 Å². The molecule has 6 heteroatoms. The maximum absolute atomic E-state index is 12.1. The van der Waals surface area contributed by atoms with Crippen molar-refractivity contribution >= 4 is 11.7 Å². The number of hydrogen-bond acceptors (Lipinski definition) is 6. The van der Waals surface area contributed by atoms with E-state index in [1.807, 2.05) is 13.0 Å². The van der Waals surface area contributed by atoms with Gasteiger partial charge in [0.2, 0.25) is 10.9 Å². The van der Waals surface area contributed by atoms with Crippen LogP contribution in [0.1, 0.15) is 65.2 Å². The van der Waals surface area contributed by atoms with E-state index in [2.05, 4.69) is 22.8 Å². The minimum Gasteiger partial charge on any atom is -0.457 e. The van der Waals surface area contributed by atoms with Gasteiger partial charge in [-0.05, 0) is 81.1 Å². The highest BCUT2D eigenvalue weighted by Gasteiger charge is 2.39. The number of carbonyl (C=O) groups is 1. The number of likely N-dealkylation sites (tertiary alicyclic amines) is 1. The van der Waals surface area contributed by atoms with Crippen molar-refractivity contribution < 1.29 is 9.53 Å². The van der Waals surface area contributed by atoms with Gasteiger partial charge in [0, 0.05) is 30.8 Å². The SMILES string of the molecule is CCc1c(N2CCC3(CCN(CCc4ccc5c(c4C)COC5=O)CC3)CC2)c(=O)c1=O. The predicted octanol–water partition coefficient (Wildman–Crippen LogP) is 2.75. The Kier molecular flexibility index (Phi) is 5.44. The highest BCUT2D eigenvalue weighted by atomic mass is 16.5. The lowest BCUT2D eigenvalue weighted by Gasteiger charge is -2.47. The van der Waals surface area contributed by atoms with Gasteiger partial charge in [0.05, 0.1) is 11.3 Å². The van der Waals surface area contributed by atoms with Crippen LogP contribution in [0.15, 0.2) is 21.7 Å². The molecule has 0 atom stereocenters. The molecule has 0 aliphatic carbocycles. The first-order valence-electron chi connectivity index (χ1n) is 12.0. The molecule has 2 saturated heterocycles. The van der Waals surface area contributed by atoms with Crippen LogP contribution in [-0.2, 0) is 24.2 Å². The van der Waals surface area contributed by atoms with Gasteiger partial charge in [0.1, 0.15) is 6.61 Å². The van der Waals surface area contributed by atoms with E-state index in [0.717, 1.165) is 68.7 Å². The van der Waals surface area contributed by atoms with Crippen LogP contribution in [0.25, 0.3) is 0 Å². The van der Waals surface area contributed by atoms with E-state index in [9.17, 15) is 14.4 Å². The summed E-state index contributed by atoms with van der Waals surface area (Å²) in [4.78, 5) is 40.3. The summed E-state index contributed by atoms with van der Waals surface area (Å²) in [6, 6.07) is 4.01. The summed E-state index contributed by atoms with van der Waals surface area (Å²) >= 11 is 0. The Morgan fingerprint density at radius 1 is 0.969 bits per heavy atom. The zero-order chi connectivity index (χ0) is 22.5. The van der Waals surface area contributed by atoms with Crippen LogP contribution in [-0.4, -0.2) is 43.6 Å². The van der Waals surface area contributed by atoms with Gasteiger partial charge in [0.25, 0.3) is 0 Å². The Morgan fingerprint density at radius 3 is 2.34 bits per heavy atom. The lowest BCUT2D eigenvalue weighted by molar-refractivity contribution is 0.0535. The van der Waals surface area contributed by atoms with Gasteiger partial charge in [-0.15, -0.1) is 0 Å². The highest BCUT2D eigenvalue weighted by molar-refractivity contribution is 5.93. The smallest absolute Gasteiger partial charge is 0.338 e. The van der Waals surface area contributed by atoms with Crippen LogP contribution in [0.3, 0.4) is 0 Å². The Labute approximate surface area is 188 Å². The zero-order valence-corrected chi connectivity index (χ0v) is 19.2. The van der Waals surface area contributed by atoms with Crippen molar-refractivity contribution in [1.82, 2.24) is 4.90 Å². The van der Waals surface area contributed by atoms with Crippen LogP contribution < -0.4 is 15.8 Å². The van der Waals surface area contributed by atoms with Gasteiger partial charge in [-0.1, -0.05) is 13.0 Å². The second-order valence-corrected chi connectivity index (χ2v) is 9.87. The van der Waals surface area contributed by atoms with E-state index in [1.54, 1.807) is 0 Å². The first kappa shape index (κ1) is 21.4. The van der Waals surface area contributed by atoms with E-state index in [0.29, 0.717) is 24.1 Å². The van der Waals surface area contributed by atoms with Crippen molar-refractivity contribution in [2.45, 2.75) is 59.0 Å². The first-order valence-corrected chi connectivity index (χ1v) is 12.0. The number of esters is 1. The van der Waals surface area contributed by atoms with Crippen LogP contribution in [0.2, 0.25) is 0 Å². The molecule has 5 rings (SSSR count). The van der Waals surface area contributed by atoms with Gasteiger partial charge in [-0.3, -0.25) is 9.59 Å². The summed E-state index contributed by atoms with van der Waals surface area (Å²) in [5.41, 5.74) is 5.60. The molecule has 1 spiro atoms. The number of hydrogen-bond donors (Lipinski definition) is 0. The monoisotopic (exact) mass is 436 g/mol. The maximum Gasteiger partial charge on any atom is 0.338 e. The standard InChI is InChI=1S/C26H32N2O4/c1-3-19-22(24(30)23(19)29)28-14-9-26(10-15-28)7-12-27(13-8-26)11-6-18-4-5-20-21(17(18)2)16-32-25(20)31/h4-5H,3,6-16H2,1-2H3. The molecule has 0 aromatic heterocycles. The molecule has 2 aromatic rings. The van der Waals surface area contributed by atoms with Gasteiger partial charge >= 0.3 is 5.97 Å². The van der Waals surface area contributed by atoms with Crippen molar-refractivity contribution in [2.24, 2.45) is 5.41 Å². The quantitative estimate of drug-likeness (QED) is 0.530. The van der Waals surface area contributed by atoms with E-state index in [1.165, 1.54) is 24.0 Å². The molecule has 0 N–H and O–H groups in total. The number of benzene rings is 1. The van der Waals surface area contributed by atoms with Gasteiger partial charge < -0.3 is 14.5 Å². The van der Waals surface area contributed by atoms with E-state index in [-0.39, 0.29) is 16.8 Å². The molecular formula is C26H32N2O4. The molecule has 0 radical (unpaired) electrons. The van der Waals surface area contributed by atoms with Crippen molar-refractivity contribution in [3.63, 3.8) is 0 Å². The number of carbonyl (C=O) groups excluding carboxylic acids is 1. The van der Waals surface area contributed by atoms with Crippen LogP contribution in [0, 0.1) is 12.3 Å². The largest absolute Gasteiger partial charge is 0.457 e. The summed E-state index contributed by atoms with van der Waals surface area (Å²) in [6.07, 6.45) is 6.29. The molecule has 3 heterocycles. The number of cyclic esters (lactones) is 1. The number of piperidine rings is 2. The molecule has 170 valence electrons. The third-order valence-electron chi connectivity index (χ3n) is 8.37. The summed E-state index contributed by atoms with van der Waals surface area (Å²) < 4.78 is 5.18. The molecular weight excluding hydrogens is 404 g/mol. The fourth-order valence-electron chi connectivity index (χ4n) is 5.99. The summed E-state index contributed by atoms with van der Waals surface area (Å²) in [5, 5.41) is 0. The highest BCUT2D eigenvalue weighted by Crippen LogP contribution is 2.42. The third-order valence-corrected chi connectivity index (χ3v) is 8.37. The minimum atomic E-state index is -0.273. The fraction of sp³-hybridized carbons (Fsp3) is 0.577. The summed E-state index contributed by atoms with van der Waals surface area (Å²) in [5.74, 6) is -0.197. The van der Waals surface area contributed by atoms with E-state index in [4.69, 9.17) is 4.74 Å². The Hall–Kier alpha value is -2.47. The first-order chi connectivity index (χ1) is 15.4. The number of fused-ring (bicyclic) bond motifs is 1. The summed E-state index contributed by atoms with van der Waals surface area (Å²) in [7, 11) is 0. The van der Waals surface area contributed by atoms with Gasteiger partial charge in [-0.25, -0.2) is 4.79 Å². The number of anilines is 1. The normalized spacial score (nSPS) is 20.7. The molecule has 32 heavy (non-hydrogen) atoms. The van der Waals surface area contributed by atoms with E-state index < -0.39 is 0 Å².